The number of likely N-dealkylation sites (tertiary alicyclic amines) is 1. The summed E-state index contributed by atoms with van der Waals surface area (Å²) in [4.78, 5) is 28.2. The highest BCUT2D eigenvalue weighted by molar-refractivity contribution is 6.08. The number of aromatic nitrogens is 3. The molecule has 148 valence electrons. The van der Waals surface area contributed by atoms with Crippen molar-refractivity contribution in [2.24, 2.45) is 7.05 Å². The van der Waals surface area contributed by atoms with Crippen LogP contribution in [0.1, 0.15) is 32.7 Å². The van der Waals surface area contributed by atoms with E-state index in [-0.39, 0.29) is 11.5 Å². The van der Waals surface area contributed by atoms with Gasteiger partial charge in [0.15, 0.2) is 0 Å². The van der Waals surface area contributed by atoms with Gasteiger partial charge in [0.1, 0.15) is 11.6 Å². The van der Waals surface area contributed by atoms with Crippen molar-refractivity contribution in [1.29, 1.82) is 0 Å². The topological polar surface area (TPSA) is 72.2 Å². The van der Waals surface area contributed by atoms with Crippen molar-refractivity contribution in [3.63, 3.8) is 0 Å². The van der Waals surface area contributed by atoms with Crippen LogP contribution in [0.4, 0.5) is 0 Å². The zero-order valence-corrected chi connectivity index (χ0v) is 16.7. The lowest BCUT2D eigenvalue weighted by molar-refractivity contribution is -0.123. The van der Waals surface area contributed by atoms with E-state index >= 15 is 0 Å². The van der Waals surface area contributed by atoms with Gasteiger partial charge in [-0.1, -0.05) is 25.1 Å². The van der Waals surface area contributed by atoms with Gasteiger partial charge in [0.05, 0.1) is 11.7 Å². The molecule has 7 nitrogen and oxygen atoms in total. The Labute approximate surface area is 163 Å². The Morgan fingerprint density at radius 1 is 1.32 bits per heavy atom. The van der Waals surface area contributed by atoms with Gasteiger partial charge in [-0.15, -0.1) is 0 Å². The van der Waals surface area contributed by atoms with Gasteiger partial charge >= 0.3 is 0 Å². The molecule has 1 aromatic carbocycles. The number of amides is 1. The molecule has 3 aromatic rings. The van der Waals surface area contributed by atoms with Gasteiger partial charge in [-0.2, -0.15) is 5.10 Å². The summed E-state index contributed by atoms with van der Waals surface area (Å²) in [6, 6.07) is 7.70. The summed E-state index contributed by atoms with van der Waals surface area (Å²) in [7, 11) is 1.63. The van der Waals surface area contributed by atoms with Gasteiger partial charge in [0, 0.05) is 30.4 Å². The zero-order valence-electron chi connectivity index (χ0n) is 16.7. The highest BCUT2D eigenvalue weighted by atomic mass is 16.2. The molecule has 7 heteroatoms. The van der Waals surface area contributed by atoms with Crippen LogP contribution in [0.3, 0.4) is 0 Å². The SMILES string of the molecule is CCN1CCCC1CNC(=O)C(C)n1c2ccccc2c2cnn(C)c(=O)c21. The lowest BCUT2D eigenvalue weighted by atomic mass is 10.2. The summed E-state index contributed by atoms with van der Waals surface area (Å²) in [5, 5.41) is 9.00. The first-order valence-electron chi connectivity index (χ1n) is 9.99. The van der Waals surface area contributed by atoms with E-state index in [1.165, 1.54) is 11.1 Å². The highest BCUT2D eigenvalue weighted by Crippen LogP contribution is 2.29. The molecule has 2 atom stereocenters. The van der Waals surface area contributed by atoms with Crippen molar-refractivity contribution >= 4 is 27.7 Å². The minimum Gasteiger partial charge on any atom is -0.353 e. The molecule has 0 aliphatic carbocycles. The maximum atomic E-state index is 13.0. The van der Waals surface area contributed by atoms with E-state index < -0.39 is 6.04 Å². The average Bonchev–Trinajstić information content (AvgIpc) is 3.30. The zero-order chi connectivity index (χ0) is 19.8. The third kappa shape index (κ3) is 2.99. The van der Waals surface area contributed by atoms with Crippen molar-refractivity contribution in [3.8, 4) is 0 Å². The summed E-state index contributed by atoms with van der Waals surface area (Å²) >= 11 is 0. The van der Waals surface area contributed by atoms with Crippen LogP contribution < -0.4 is 10.9 Å². The molecule has 1 saturated heterocycles. The molecule has 1 aliphatic heterocycles. The number of aryl methyl sites for hydroxylation is 1. The number of hydrogen-bond acceptors (Lipinski definition) is 4. The molecule has 0 bridgehead atoms. The fourth-order valence-electron chi connectivity index (χ4n) is 4.42. The van der Waals surface area contributed by atoms with Gasteiger partial charge < -0.3 is 9.88 Å². The first-order chi connectivity index (χ1) is 13.5. The molecule has 3 heterocycles. The maximum Gasteiger partial charge on any atom is 0.291 e. The van der Waals surface area contributed by atoms with Crippen molar-refractivity contribution < 1.29 is 4.79 Å². The Kier molecular flexibility index (Phi) is 4.93. The Hall–Kier alpha value is -2.67. The van der Waals surface area contributed by atoms with Gasteiger partial charge in [-0.25, -0.2) is 4.68 Å². The largest absolute Gasteiger partial charge is 0.353 e. The van der Waals surface area contributed by atoms with E-state index in [2.05, 4.69) is 22.2 Å². The molecule has 0 radical (unpaired) electrons. The van der Waals surface area contributed by atoms with Crippen molar-refractivity contribution in [2.75, 3.05) is 19.6 Å². The fourth-order valence-corrected chi connectivity index (χ4v) is 4.42. The molecule has 1 N–H and O–H groups in total. The summed E-state index contributed by atoms with van der Waals surface area (Å²) in [6.07, 6.45) is 4.00. The lowest BCUT2D eigenvalue weighted by Gasteiger charge is -2.24. The molecule has 28 heavy (non-hydrogen) atoms. The lowest BCUT2D eigenvalue weighted by Crippen LogP contribution is -2.42. The molecule has 1 aliphatic rings. The second-order valence-electron chi connectivity index (χ2n) is 7.57. The minimum atomic E-state index is -0.492. The van der Waals surface area contributed by atoms with Crippen molar-refractivity contribution in [1.82, 2.24) is 24.6 Å². The van der Waals surface area contributed by atoms with Crippen LogP contribution in [0.15, 0.2) is 35.3 Å². The Bertz CT molecular complexity index is 1080. The number of likely N-dealkylation sites (N-methyl/N-ethyl adjacent to an activating group) is 1. The van der Waals surface area contributed by atoms with E-state index in [0.29, 0.717) is 18.1 Å². The second-order valence-corrected chi connectivity index (χ2v) is 7.57. The highest BCUT2D eigenvalue weighted by Gasteiger charge is 2.26. The standard InChI is InChI=1S/C21H27N5O2/c1-4-25-11-7-8-15(25)12-22-20(27)14(2)26-18-10-6-5-9-16(18)17-13-23-24(3)21(28)19(17)26/h5-6,9-10,13-15H,4,7-8,11-12H2,1-3H3,(H,22,27). The molecule has 1 fully saturated rings. The summed E-state index contributed by atoms with van der Waals surface area (Å²) in [5.74, 6) is -0.0653. The number of hydrogen-bond donors (Lipinski definition) is 1. The Morgan fingerprint density at radius 2 is 2.11 bits per heavy atom. The van der Waals surface area contributed by atoms with Gasteiger partial charge in [0.25, 0.3) is 5.56 Å². The van der Waals surface area contributed by atoms with Crippen molar-refractivity contribution in [3.05, 3.63) is 40.8 Å². The molecular weight excluding hydrogens is 354 g/mol. The first kappa shape index (κ1) is 18.7. The van der Waals surface area contributed by atoms with Crippen LogP contribution in [-0.2, 0) is 11.8 Å². The monoisotopic (exact) mass is 381 g/mol. The van der Waals surface area contributed by atoms with Gasteiger partial charge in [0.2, 0.25) is 5.91 Å². The predicted molar refractivity (Wildman–Crippen MR) is 110 cm³/mol. The smallest absolute Gasteiger partial charge is 0.291 e. The van der Waals surface area contributed by atoms with E-state index in [0.717, 1.165) is 35.8 Å². The summed E-state index contributed by atoms with van der Waals surface area (Å²) < 4.78 is 3.18. The molecule has 2 unspecified atom stereocenters. The Morgan fingerprint density at radius 3 is 2.89 bits per heavy atom. The number of carbonyl (C=O) groups is 1. The maximum absolute atomic E-state index is 13.0. The first-order valence-corrected chi connectivity index (χ1v) is 9.99. The molecular formula is C21H27N5O2. The molecule has 0 spiro atoms. The van der Waals surface area contributed by atoms with Gasteiger partial charge in [-0.05, 0) is 38.9 Å². The number of nitrogens with one attached hydrogen (secondary N) is 1. The van der Waals surface area contributed by atoms with Crippen molar-refractivity contribution in [2.45, 2.75) is 38.8 Å². The molecule has 2 aromatic heterocycles. The van der Waals surface area contributed by atoms with Crippen LogP contribution in [0.2, 0.25) is 0 Å². The quantitative estimate of drug-likeness (QED) is 0.734. The van der Waals surface area contributed by atoms with Crippen LogP contribution in [0.5, 0.6) is 0 Å². The number of nitrogens with zero attached hydrogens (tertiary/aromatic N) is 4. The number of rotatable bonds is 5. The van der Waals surface area contributed by atoms with Crippen LogP contribution in [-0.4, -0.2) is 50.8 Å². The summed E-state index contributed by atoms with van der Waals surface area (Å²) in [6.45, 7) is 6.76. The number of para-hydroxylation sites is 1. The number of benzene rings is 1. The minimum absolute atomic E-state index is 0.0653. The third-order valence-corrected chi connectivity index (χ3v) is 5.99. The second kappa shape index (κ2) is 7.39. The molecule has 0 saturated carbocycles. The number of fused-ring (bicyclic) bond motifs is 3. The average molecular weight is 381 g/mol. The van der Waals surface area contributed by atoms with E-state index in [4.69, 9.17) is 0 Å². The normalized spacial score (nSPS) is 18.8. The Balaban J connectivity index is 1.70. The van der Waals surface area contributed by atoms with E-state index in [9.17, 15) is 9.59 Å². The predicted octanol–water partition coefficient (Wildman–Crippen LogP) is 2.05. The van der Waals surface area contributed by atoms with Crippen LogP contribution in [0, 0.1) is 0 Å². The summed E-state index contributed by atoms with van der Waals surface area (Å²) in [5.41, 5.74) is 1.21. The van der Waals surface area contributed by atoms with Crippen LogP contribution in [0.25, 0.3) is 21.8 Å². The van der Waals surface area contributed by atoms with E-state index in [1.807, 2.05) is 35.8 Å². The fraction of sp³-hybridized carbons (Fsp3) is 0.476. The van der Waals surface area contributed by atoms with E-state index in [1.54, 1.807) is 13.2 Å². The molecule has 4 rings (SSSR count). The van der Waals surface area contributed by atoms with Gasteiger partial charge in [-0.3, -0.25) is 14.5 Å². The third-order valence-electron chi connectivity index (χ3n) is 5.99. The molecule has 1 amide bonds. The number of carbonyl (C=O) groups excluding carboxylic acids is 1. The van der Waals surface area contributed by atoms with Crippen LogP contribution >= 0.6 is 0 Å².